The highest BCUT2D eigenvalue weighted by atomic mass is 19.1. The van der Waals surface area contributed by atoms with E-state index in [4.69, 9.17) is 4.52 Å². The lowest BCUT2D eigenvalue weighted by molar-refractivity contribution is -0.127. The number of benzene rings is 1. The SMILES string of the molecule is CCN1C[C@@H](CNc2ccc(-c3nc(-c4ccccc4F)no3)cn2)CC1=O. The molecule has 1 N–H and O–H groups in total. The van der Waals surface area contributed by atoms with Crippen LogP contribution in [-0.4, -0.2) is 45.6 Å². The van der Waals surface area contributed by atoms with Gasteiger partial charge >= 0.3 is 0 Å². The molecule has 1 fully saturated rings. The minimum atomic E-state index is -0.403. The number of nitrogens with one attached hydrogen (secondary N) is 1. The minimum absolute atomic E-state index is 0.196. The molecule has 0 aliphatic carbocycles. The van der Waals surface area contributed by atoms with E-state index in [1.165, 1.54) is 6.07 Å². The Labute approximate surface area is 161 Å². The van der Waals surface area contributed by atoms with Crippen LogP contribution < -0.4 is 5.32 Å². The molecule has 2 aromatic heterocycles. The molecule has 1 aliphatic rings. The molecule has 1 aromatic carbocycles. The van der Waals surface area contributed by atoms with Crippen molar-refractivity contribution in [1.29, 1.82) is 0 Å². The molecule has 4 rings (SSSR count). The number of amides is 1. The first-order valence-corrected chi connectivity index (χ1v) is 9.20. The lowest BCUT2D eigenvalue weighted by Crippen LogP contribution is -2.25. The third-order valence-corrected chi connectivity index (χ3v) is 4.80. The van der Waals surface area contributed by atoms with E-state index in [2.05, 4.69) is 20.4 Å². The number of rotatable bonds is 6. The molecular weight excluding hydrogens is 361 g/mol. The molecule has 1 atom stereocenters. The molecule has 8 heteroatoms. The summed E-state index contributed by atoms with van der Waals surface area (Å²) in [6.07, 6.45) is 2.19. The van der Waals surface area contributed by atoms with Crippen LogP contribution in [0.25, 0.3) is 22.8 Å². The lowest BCUT2D eigenvalue weighted by Gasteiger charge is -2.14. The molecule has 0 spiro atoms. The molecule has 0 unspecified atom stereocenters. The van der Waals surface area contributed by atoms with E-state index in [1.807, 2.05) is 24.0 Å². The average molecular weight is 381 g/mol. The number of carbonyl (C=O) groups is 1. The highest BCUT2D eigenvalue weighted by molar-refractivity contribution is 5.78. The van der Waals surface area contributed by atoms with Gasteiger partial charge in [-0.1, -0.05) is 17.3 Å². The zero-order valence-electron chi connectivity index (χ0n) is 15.4. The van der Waals surface area contributed by atoms with Crippen molar-refractivity contribution in [1.82, 2.24) is 20.0 Å². The number of pyridine rings is 1. The second-order valence-corrected chi connectivity index (χ2v) is 6.72. The maximum atomic E-state index is 13.9. The fraction of sp³-hybridized carbons (Fsp3) is 0.300. The third kappa shape index (κ3) is 3.71. The highest BCUT2D eigenvalue weighted by Crippen LogP contribution is 2.24. The summed E-state index contributed by atoms with van der Waals surface area (Å²) in [5.74, 6) is 1.27. The second-order valence-electron chi connectivity index (χ2n) is 6.72. The van der Waals surface area contributed by atoms with Crippen LogP contribution in [0.1, 0.15) is 13.3 Å². The number of hydrogen-bond donors (Lipinski definition) is 1. The number of likely N-dealkylation sites (tertiary alicyclic amines) is 1. The number of halogens is 1. The summed E-state index contributed by atoms with van der Waals surface area (Å²) < 4.78 is 19.1. The van der Waals surface area contributed by atoms with Gasteiger partial charge in [0, 0.05) is 38.2 Å². The predicted octanol–water partition coefficient (Wildman–Crippen LogP) is 3.22. The van der Waals surface area contributed by atoms with Gasteiger partial charge in [-0.25, -0.2) is 9.37 Å². The van der Waals surface area contributed by atoms with Crippen LogP contribution in [0.15, 0.2) is 47.1 Å². The summed E-state index contributed by atoms with van der Waals surface area (Å²) in [6, 6.07) is 9.90. The molecule has 0 bridgehead atoms. The van der Waals surface area contributed by atoms with E-state index in [1.54, 1.807) is 24.4 Å². The summed E-state index contributed by atoms with van der Waals surface area (Å²) in [5.41, 5.74) is 0.935. The quantitative estimate of drug-likeness (QED) is 0.706. The van der Waals surface area contributed by atoms with Crippen LogP contribution >= 0.6 is 0 Å². The van der Waals surface area contributed by atoms with Crippen LogP contribution in [0.5, 0.6) is 0 Å². The largest absolute Gasteiger partial charge is 0.370 e. The molecule has 144 valence electrons. The number of carbonyl (C=O) groups excluding carboxylic acids is 1. The van der Waals surface area contributed by atoms with Gasteiger partial charge in [-0.15, -0.1) is 0 Å². The standard InChI is InChI=1S/C20H20FN5O2/c1-2-26-12-13(9-18(26)27)10-22-17-8-7-14(11-23-17)20-24-19(25-28-20)15-5-3-4-6-16(15)21/h3-8,11,13H,2,9-10,12H2,1H3,(H,22,23)/t13-/m1/s1. The number of nitrogens with zero attached hydrogens (tertiary/aromatic N) is 4. The van der Waals surface area contributed by atoms with E-state index in [9.17, 15) is 9.18 Å². The molecule has 1 amide bonds. The van der Waals surface area contributed by atoms with Gasteiger partial charge in [0.1, 0.15) is 11.6 Å². The highest BCUT2D eigenvalue weighted by Gasteiger charge is 2.28. The molecule has 7 nitrogen and oxygen atoms in total. The first kappa shape index (κ1) is 18.1. The van der Waals surface area contributed by atoms with Crippen molar-refractivity contribution >= 4 is 11.7 Å². The van der Waals surface area contributed by atoms with Gasteiger partial charge in [-0.3, -0.25) is 4.79 Å². The van der Waals surface area contributed by atoms with Crippen molar-refractivity contribution in [2.24, 2.45) is 5.92 Å². The Kier molecular flexibility index (Phi) is 5.01. The second kappa shape index (κ2) is 7.75. The molecular formula is C20H20FN5O2. The Bertz CT molecular complexity index is 973. The van der Waals surface area contributed by atoms with E-state index < -0.39 is 5.82 Å². The molecule has 0 radical (unpaired) electrons. The van der Waals surface area contributed by atoms with E-state index in [0.29, 0.717) is 24.3 Å². The molecule has 3 aromatic rings. The van der Waals surface area contributed by atoms with Crippen LogP contribution in [0.3, 0.4) is 0 Å². The summed E-state index contributed by atoms with van der Waals surface area (Å²) in [4.78, 5) is 22.3. The van der Waals surface area contributed by atoms with Crippen molar-refractivity contribution in [3.63, 3.8) is 0 Å². The van der Waals surface area contributed by atoms with Gasteiger partial charge in [0.05, 0.1) is 11.1 Å². The molecule has 28 heavy (non-hydrogen) atoms. The monoisotopic (exact) mass is 381 g/mol. The van der Waals surface area contributed by atoms with Gasteiger partial charge in [0.2, 0.25) is 11.7 Å². The zero-order valence-corrected chi connectivity index (χ0v) is 15.4. The van der Waals surface area contributed by atoms with Crippen molar-refractivity contribution in [3.05, 3.63) is 48.4 Å². The first-order valence-electron chi connectivity index (χ1n) is 9.20. The first-order chi connectivity index (χ1) is 13.6. The van der Waals surface area contributed by atoms with E-state index in [0.717, 1.165) is 13.1 Å². The topological polar surface area (TPSA) is 84.2 Å². The van der Waals surface area contributed by atoms with Crippen molar-refractivity contribution in [2.45, 2.75) is 13.3 Å². The van der Waals surface area contributed by atoms with Crippen LogP contribution in [0, 0.1) is 11.7 Å². The number of anilines is 1. The van der Waals surface area contributed by atoms with Crippen LogP contribution in [-0.2, 0) is 4.79 Å². The summed E-state index contributed by atoms with van der Waals surface area (Å²) in [5, 5.41) is 7.11. The Morgan fingerprint density at radius 1 is 1.29 bits per heavy atom. The summed E-state index contributed by atoms with van der Waals surface area (Å²) >= 11 is 0. The van der Waals surface area contributed by atoms with Crippen LogP contribution in [0.4, 0.5) is 10.2 Å². The number of aromatic nitrogens is 3. The zero-order chi connectivity index (χ0) is 19.5. The fourth-order valence-electron chi connectivity index (χ4n) is 3.26. The van der Waals surface area contributed by atoms with E-state index >= 15 is 0 Å². The minimum Gasteiger partial charge on any atom is -0.370 e. The van der Waals surface area contributed by atoms with Gasteiger partial charge in [0.15, 0.2) is 0 Å². The predicted molar refractivity (Wildman–Crippen MR) is 102 cm³/mol. The Balaban J connectivity index is 1.40. The van der Waals surface area contributed by atoms with Gasteiger partial charge in [-0.2, -0.15) is 4.98 Å². The molecule has 1 saturated heterocycles. The van der Waals surface area contributed by atoms with Gasteiger partial charge < -0.3 is 14.7 Å². The fourth-order valence-corrected chi connectivity index (χ4v) is 3.26. The summed E-state index contributed by atoms with van der Waals surface area (Å²) in [7, 11) is 0. The maximum absolute atomic E-state index is 13.9. The Morgan fingerprint density at radius 2 is 2.14 bits per heavy atom. The van der Waals surface area contributed by atoms with Crippen molar-refractivity contribution < 1.29 is 13.7 Å². The van der Waals surface area contributed by atoms with Gasteiger partial charge in [-0.05, 0) is 31.2 Å². The average Bonchev–Trinajstić information content (AvgIpc) is 3.34. The van der Waals surface area contributed by atoms with Crippen molar-refractivity contribution in [2.75, 3.05) is 25.0 Å². The lowest BCUT2D eigenvalue weighted by atomic mass is 10.1. The Hall–Kier alpha value is -3.29. The Morgan fingerprint density at radius 3 is 2.86 bits per heavy atom. The molecule has 1 aliphatic heterocycles. The maximum Gasteiger partial charge on any atom is 0.259 e. The number of hydrogen-bond acceptors (Lipinski definition) is 6. The van der Waals surface area contributed by atoms with Crippen molar-refractivity contribution in [3.8, 4) is 22.8 Å². The summed E-state index contributed by atoms with van der Waals surface area (Å²) in [6.45, 7) is 4.21. The molecule has 3 heterocycles. The van der Waals surface area contributed by atoms with Crippen LogP contribution in [0.2, 0.25) is 0 Å². The smallest absolute Gasteiger partial charge is 0.259 e. The molecule has 0 saturated carbocycles. The third-order valence-electron chi connectivity index (χ3n) is 4.80. The normalized spacial score (nSPS) is 16.6. The van der Waals surface area contributed by atoms with Gasteiger partial charge in [0.25, 0.3) is 5.89 Å². The van der Waals surface area contributed by atoms with E-state index in [-0.39, 0.29) is 29.1 Å².